The van der Waals surface area contributed by atoms with E-state index in [2.05, 4.69) is 15.6 Å². The molecule has 8 heteroatoms. The Morgan fingerprint density at radius 2 is 2.24 bits per heavy atom. The lowest BCUT2D eigenvalue weighted by molar-refractivity contribution is -0.139. The van der Waals surface area contributed by atoms with Gasteiger partial charge in [-0.1, -0.05) is 5.21 Å². The highest BCUT2D eigenvalue weighted by atomic mass is 19.4. The third-order valence-corrected chi connectivity index (χ3v) is 2.17. The van der Waals surface area contributed by atoms with E-state index in [1.54, 1.807) is 10.9 Å². The summed E-state index contributed by atoms with van der Waals surface area (Å²) in [5, 5.41) is 10.3. The Bertz CT molecular complexity index is 336. The first-order valence-electron chi connectivity index (χ1n) is 5.30. The molecular weight excluding hydrogens is 235 g/mol. The number of aromatic nitrogens is 3. The number of nitrogens with one attached hydrogen (secondary N) is 1. The number of rotatable bonds is 6. The second-order valence-corrected chi connectivity index (χ2v) is 3.85. The number of nitrogens with zero attached hydrogens (tertiary/aromatic N) is 3. The average molecular weight is 251 g/mol. The van der Waals surface area contributed by atoms with Gasteiger partial charge in [-0.2, -0.15) is 13.2 Å². The molecule has 0 saturated heterocycles. The van der Waals surface area contributed by atoms with Gasteiger partial charge in [0.15, 0.2) is 0 Å². The van der Waals surface area contributed by atoms with E-state index in [1.807, 2.05) is 0 Å². The molecule has 1 unspecified atom stereocenters. The summed E-state index contributed by atoms with van der Waals surface area (Å²) in [5.41, 5.74) is 6.01. The van der Waals surface area contributed by atoms with Gasteiger partial charge in [-0.25, -0.2) is 0 Å². The van der Waals surface area contributed by atoms with Crippen LogP contribution in [0.5, 0.6) is 0 Å². The Morgan fingerprint density at radius 3 is 2.76 bits per heavy atom. The third kappa shape index (κ3) is 5.64. The summed E-state index contributed by atoms with van der Waals surface area (Å²) in [4.78, 5) is 0. The van der Waals surface area contributed by atoms with Crippen LogP contribution in [0.25, 0.3) is 0 Å². The van der Waals surface area contributed by atoms with Crippen LogP contribution >= 0.6 is 0 Å². The highest BCUT2D eigenvalue weighted by Crippen LogP contribution is 2.21. The molecule has 1 atom stereocenters. The minimum atomic E-state index is -4.13. The number of hydrogen-bond acceptors (Lipinski definition) is 4. The highest BCUT2D eigenvalue weighted by Gasteiger charge is 2.29. The average Bonchev–Trinajstić information content (AvgIpc) is 2.63. The van der Waals surface area contributed by atoms with Gasteiger partial charge in [-0.05, 0) is 6.92 Å². The van der Waals surface area contributed by atoms with Gasteiger partial charge < -0.3 is 11.1 Å². The van der Waals surface area contributed by atoms with E-state index in [4.69, 9.17) is 5.73 Å². The second-order valence-electron chi connectivity index (χ2n) is 3.85. The van der Waals surface area contributed by atoms with E-state index in [9.17, 15) is 13.2 Å². The Labute approximate surface area is 97.2 Å². The van der Waals surface area contributed by atoms with E-state index in [0.717, 1.165) is 0 Å². The maximum absolute atomic E-state index is 12.0. The van der Waals surface area contributed by atoms with E-state index in [1.165, 1.54) is 6.92 Å². The van der Waals surface area contributed by atoms with Gasteiger partial charge in [0.05, 0.1) is 18.7 Å². The lowest BCUT2D eigenvalue weighted by Gasteiger charge is -2.15. The van der Waals surface area contributed by atoms with Crippen molar-refractivity contribution >= 4 is 0 Å². The molecule has 5 nitrogen and oxygen atoms in total. The molecule has 1 heterocycles. The zero-order valence-corrected chi connectivity index (χ0v) is 9.54. The van der Waals surface area contributed by atoms with Crippen molar-refractivity contribution in [2.75, 3.05) is 6.54 Å². The summed E-state index contributed by atoms with van der Waals surface area (Å²) in [7, 11) is 0. The zero-order chi connectivity index (χ0) is 12.9. The van der Waals surface area contributed by atoms with E-state index in [0.29, 0.717) is 25.3 Å². The largest absolute Gasteiger partial charge is 0.390 e. The van der Waals surface area contributed by atoms with E-state index < -0.39 is 18.6 Å². The molecule has 0 aliphatic rings. The lowest BCUT2D eigenvalue weighted by Crippen LogP contribution is -2.33. The Hall–Kier alpha value is -1.15. The molecule has 0 fully saturated rings. The van der Waals surface area contributed by atoms with Crippen LogP contribution in [0.15, 0.2) is 6.20 Å². The highest BCUT2D eigenvalue weighted by molar-refractivity contribution is 4.90. The van der Waals surface area contributed by atoms with Crippen molar-refractivity contribution in [3.8, 4) is 0 Å². The fourth-order valence-electron chi connectivity index (χ4n) is 1.39. The molecular formula is C9H16F3N5. The normalized spacial score (nSPS) is 13.9. The van der Waals surface area contributed by atoms with Crippen molar-refractivity contribution in [2.24, 2.45) is 5.73 Å². The fraction of sp³-hybridized carbons (Fsp3) is 0.778. The maximum Gasteiger partial charge on any atom is 0.390 e. The molecule has 98 valence electrons. The predicted octanol–water partition coefficient (Wildman–Crippen LogP) is 0.667. The van der Waals surface area contributed by atoms with Crippen molar-refractivity contribution in [1.82, 2.24) is 20.3 Å². The minimum absolute atomic E-state index is 0.303. The zero-order valence-electron chi connectivity index (χ0n) is 9.54. The summed E-state index contributed by atoms with van der Waals surface area (Å²) in [6.45, 7) is 2.68. The number of hydrogen-bond donors (Lipinski definition) is 2. The van der Waals surface area contributed by atoms with Gasteiger partial charge in [0, 0.05) is 25.3 Å². The van der Waals surface area contributed by atoms with Gasteiger partial charge in [-0.15, -0.1) is 5.10 Å². The molecule has 1 rings (SSSR count). The molecule has 3 N–H and O–H groups in total. The number of nitrogens with two attached hydrogens (primary N) is 1. The van der Waals surface area contributed by atoms with Crippen LogP contribution in [-0.4, -0.2) is 33.8 Å². The quantitative estimate of drug-likeness (QED) is 0.779. The van der Waals surface area contributed by atoms with Crippen molar-refractivity contribution in [2.45, 2.75) is 38.7 Å². The second kappa shape index (κ2) is 5.97. The van der Waals surface area contributed by atoms with Gasteiger partial charge in [0.2, 0.25) is 0 Å². The minimum Gasteiger partial charge on any atom is -0.325 e. The summed E-state index contributed by atoms with van der Waals surface area (Å²) < 4.78 is 37.6. The van der Waals surface area contributed by atoms with Crippen LogP contribution in [0, 0.1) is 0 Å². The molecule has 0 aliphatic carbocycles. The predicted molar refractivity (Wildman–Crippen MR) is 56.1 cm³/mol. The molecule has 0 bridgehead atoms. The standard InChI is InChI=1S/C9H16F3N5/c1-7(4-9(10,11)12)14-2-3-17-6-8(5-13)15-16-17/h6-7,14H,2-5,13H2,1H3. The van der Waals surface area contributed by atoms with Crippen molar-refractivity contribution in [1.29, 1.82) is 0 Å². The summed E-state index contributed by atoms with van der Waals surface area (Å²) in [6.07, 6.45) is -3.29. The molecule has 17 heavy (non-hydrogen) atoms. The molecule has 0 spiro atoms. The number of alkyl halides is 3. The van der Waals surface area contributed by atoms with Gasteiger partial charge in [0.25, 0.3) is 0 Å². The van der Waals surface area contributed by atoms with Gasteiger partial charge in [-0.3, -0.25) is 4.68 Å². The van der Waals surface area contributed by atoms with E-state index in [-0.39, 0.29) is 0 Å². The van der Waals surface area contributed by atoms with Crippen LogP contribution in [0.2, 0.25) is 0 Å². The topological polar surface area (TPSA) is 68.8 Å². The molecule has 0 radical (unpaired) electrons. The van der Waals surface area contributed by atoms with Gasteiger partial charge >= 0.3 is 6.18 Å². The Kier molecular flexibility index (Phi) is 4.88. The molecule has 1 aromatic rings. The summed E-state index contributed by atoms with van der Waals surface area (Å²) in [6, 6.07) is -0.604. The van der Waals surface area contributed by atoms with Crippen molar-refractivity contribution < 1.29 is 13.2 Å². The molecule has 1 aromatic heterocycles. The lowest BCUT2D eigenvalue weighted by atomic mass is 10.2. The molecule has 0 saturated carbocycles. The molecule has 0 aliphatic heterocycles. The van der Waals surface area contributed by atoms with Gasteiger partial charge in [0.1, 0.15) is 0 Å². The summed E-state index contributed by atoms with van der Waals surface area (Å²) in [5.74, 6) is 0. The SMILES string of the molecule is CC(CC(F)(F)F)NCCn1cc(CN)nn1. The van der Waals surface area contributed by atoms with Crippen LogP contribution < -0.4 is 11.1 Å². The van der Waals surface area contributed by atoms with Crippen LogP contribution in [0.4, 0.5) is 13.2 Å². The monoisotopic (exact) mass is 251 g/mol. The third-order valence-electron chi connectivity index (χ3n) is 2.17. The molecule has 0 amide bonds. The Morgan fingerprint density at radius 1 is 1.53 bits per heavy atom. The van der Waals surface area contributed by atoms with Crippen LogP contribution in [-0.2, 0) is 13.1 Å². The fourth-order valence-corrected chi connectivity index (χ4v) is 1.39. The van der Waals surface area contributed by atoms with Crippen molar-refractivity contribution in [3.63, 3.8) is 0 Å². The maximum atomic E-state index is 12.0. The van der Waals surface area contributed by atoms with Crippen molar-refractivity contribution in [3.05, 3.63) is 11.9 Å². The summed E-state index contributed by atoms with van der Waals surface area (Å²) >= 11 is 0. The first-order valence-corrected chi connectivity index (χ1v) is 5.30. The van der Waals surface area contributed by atoms with Crippen LogP contribution in [0.1, 0.15) is 19.0 Å². The van der Waals surface area contributed by atoms with E-state index >= 15 is 0 Å². The Balaban J connectivity index is 2.23. The van der Waals surface area contributed by atoms with Crippen LogP contribution in [0.3, 0.4) is 0 Å². The molecule has 0 aromatic carbocycles. The first-order chi connectivity index (χ1) is 7.90. The first kappa shape index (κ1) is 13.9. The smallest absolute Gasteiger partial charge is 0.325 e. The number of halogens is 3.